The zero-order chi connectivity index (χ0) is 15.4. The van der Waals surface area contributed by atoms with Gasteiger partial charge in [0.1, 0.15) is 0 Å². The van der Waals surface area contributed by atoms with Crippen molar-refractivity contribution in [3.8, 4) is 11.5 Å². The molecule has 1 aliphatic heterocycles. The van der Waals surface area contributed by atoms with Crippen LogP contribution in [-0.4, -0.2) is 45.9 Å². The number of methoxy groups -OCH3 is 3. The van der Waals surface area contributed by atoms with Gasteiger partial charge >= 0.3 is 6.09 Å². The Morgan fingerprint density at radius 3 is 2.57 bits per heavy atom. The summed E-state index contributed by atoms with van der Waals surface area (Å²) in [5.41, 5.74) is 0.701. The molecule has 21 heavy (non-hydrogen) atoms. The minimum atomic E-state index is -0.540. The molecule has 0 bridgehead atoms. The number of alkyl carbamates (subject to hydrolysis) is 1. The molecule has 7 nitrogen and oxygen atoms in total. The molecule has 0 aromatic heterocycles. The summed E-state index contributed by atoms with van der Waals surface area (Å²) in [4.78, 5) is 24.9. The maximum atomic E-state index is 12.1. The third-order valence-corrected chi connectivity index (χ3v) is 3.31. The highest BCUT2D eigenvalue weighted by Gasteiger charge is 2.32. The second-order valence-electron chi connectivity index (χ2n) is 4.58. The Labute approximate surface area is 122 Å². The fourth-order valence-corrected chi connectivity index (χ4v) is 2.27. The Hall–Kier alpha value is -2.44. The first-order valence-corrected chi connectivity index (χ1v) is 6.46. The van der Waals surface area contributed by atoms with Gasteiger partial charge in [-0.15, -0.1) is 0 Å². The lowest BCUT2D eigenvalue weighted by atomic mass is 10.2. The summed E-state index contributed by atoms with van der Waals surface area (Å²) in [5.74, 6) is 1.08. The molecule has 1 aromatic rings. The van der Waals surface area contributed by atoms with Gasteiger partial charge in [0.2, 0.25) is 5.91 Å². The lowest BCUT2D eigenvalue weighted by Crippen LogP contribution is -2.37. The van der Waals surface area contributed by atoms with Crippen molar-refractivity contribution >= 4 is 17.7 Å². The molecule has 7 heteroatoms. The van der Waals surface area contributed by atoms with Crippen molar-refractivity contribution in [2.45, 2.75) is 12.5 Å². The Kier molecular flexibility index (Phi) is 4.52. The molecule has 0 saturated carbocycles. The van der Waals surface area contributed by atoms with E-state index in [0.717, 1.165) is 0 Å². The molecule has 1 unspecified atom stereocenters. The Morgan fingerprint density at radius 2 is 1.95 bits per heavy atom. The number of amides is 2. The van der Waals surface area contributed by atoms with Gasteiger partial charge in [-0.2, -0.15) is 0 Å². The van der Waals surface area contributed by atoms with Crippen LogP contribution in [0.4, 0.5) is 10.5 Å². The molecule has 1 saturated heterocycles. The lowest BCUT2D eigenvalue weighted by molar-refractivity contribution is -0.117. The van der Waals surface area contributed by atoms with Crippen molar-refractivity contribution in [3.63, 3.8) is 0 Å². The summed E-state index contributed by atoms with van der Waals surface area (Å²) in [6, 6.07) is 4.98. The molecule has 1 fully saturated rings. The van der Waals surface area contributed by atoms with Crippen LogP contribution in [0.2, 0.25) is 0 Å². The van der Waals surface area contributed by atoms with Gasteiger partial charge in [-0.05, 0) is 12.1 Å². The molecule has 1 aliphatic rings. The fourth-order valence-electron chi connectivity index (χ4n) is 2.27. The topological polar surface area (TPSA) is 77.1 Å². The van der Waals surface area contributed by atoms with Gasteiger partial charge in [0, 0.05) is 24.7 Å². The van der Waals surface area contributed by atoms with Gasteiger partial charge in [0.05, 0.1) is 27.4 Å². The second-order valence-corrected chi connectivity index (χ2v) is 4.58. The standard InChI is InChI=1S/C14H18N2O5/c1-19-11-5-4-10(7-12(11)20-2)16-8-9(6-13(16)17)15-14(18)21-3/h4-5,7,9H,6,8H2,1-3H3,(H,15,18). The van der Waals surface area contributed by atoms with Crippen LogP contribution in [0.1, 0.15) is 6.42 Å². The van der Waals surface area contributed by atoms with E-state index in [1.165, 1.54) is 14.2 Å². The fraction of sp³-hybridized carbons (Fsp3) is 0.429. The highest BCUT2D eigenvalue weighted by atomic mass is 16.5. The first-order chi connectivity index (χ1) is 10.1. The summed E-state index contributed by atoms with van der Waals surface area (Å²) >= 11 is 0. The number of carbonyl (C=O) groups is 2. The number of nitrogens with one attached hydrogen (secondary N) is 1. The Balaban J connectivity index is 2.15. The highest BCUT2D eigenvalue weighted by molar-refractivity contribution is 5.97. The quantitative estimate of drug-likeness (QED) is 0.902. The largest absolute Gasteiger partial charge is 0.493 e. The van der Waals surface area contributed by atoms with Crippen LogP contribution < -0.4 is 19.7 Å². The van der Waals surface area contributed by atoms with Crippen molar-refractivity contribution in [1.29, 1.82) is 0 Å². The summed E-state index contributed by atoms with van der Waals surface area (Å²) < 4.78 is 14.9. The maximum Gasteiger partial charge on any atom is 0.407 e. The van der Waals surface area contributed by atoms with Crippen LogP contribution in [0.5, 0.6) is 11.5 Å². The van der Waals surface area contributed by atoms with Crippen LogP contribution in [-0.2, 0) is 9.53 Å². The molecule has 2 amide bonds. The monoisotopic (exact) mass is 294 g/mol. The van der Waals surface area contributed by atoms with Crippen LogP contribution >= 0.6 is 0 Å². The van der Waals surface area contributed by atoms with Gasteiger partial charge in [0.25, 0.3) is 0 Å². The SMILES string of the molecule is COC(=O)NC1CC(=O)N(c2ccc(OC)c(OC)c2)C1. The molecule has 0 aliphatic carbocycles. The molecule has 1 aromatic carbocycles. The highest BCUT2D eigenvalue weighted by Crippen LogP contribution is 2.33. The van der Waals surface area contributed by atoms with E-state index in [0.29, 0.717) is 23.7 Å². The van der Waals surface area contributed by atoms with E-state index >= 15 is 0 Å². The van der Waals surface area contributed by atoms with Crippen molar-refractivity contribution in [3.05, 3.63) is 18.2 Å². The molecule has 0 spiro atoms. The third-order valence-electron chi connectivity index (χ3n) is 3.31. The molecular weight excluding hydrogens is 276 g/mol. The predicted molar refractivity (Wildman–Crippen MR) is 75.8 cm³/mol. The third kappa shape index (κ3) is 3.18. The van der Waals surface area contributed by atoms with Crippen molar-refractivity contribution < 1.29 is 23.8 Å². The molecule has 1 N–H and O–H groups in total. The van der Waals surface area contributed by atoms with E-state index in [1.807, 2.05) is 0 Å². The normalized spacial score (nSPS) is 17.6. The smallest absolute Gasteiger partial charge is 0.407 e. The van der Waals surface area contributed by atoms with E-state index in [4.69, 9.17) is 9.47 Å². The first kappa shape index (κ1) is 15.0. The van der Waals surface area contributed by atoms with E-state index in [1.54, 1.807) is 30.2 Å². The second kappa shape index (κ2) is 6.34. The molecule has 114 valence electrons. The van der Waals surface area contributed by atoms with Crippen LogP contribution in [0, 0.1) is 0 Å². The maximum absolute atomic E-state index is 12.1. The van der Waals surface area contributed by atoms with E-state index < -0.39 is 6.09 Å². The van der Waals surface area contributed by atoms with Crippen LogP contribution in [0.25, 0.3) is 0 Å². The lowest BCUT2D eigenvalue weighted by Gasteiger charge is -2.18. The zero-order valence-corrected chi connectivity index (χ0v) is 12.2. The van der Waals surface area contributed by atoms with E-state index in [-0.39, 0.29) is 18.4 Å². The molecule has 2 rings (SSSR count). The van der Waals surface area contributed by atoms with Crippen molar-refractivity contribution in [1.82, 2.24) is 5.32 Å². The summed E-state index contributed by atoms with van der Waals surface area (Å²) in [6.07, 6.45) is -0.300. The average molecular weight is 294 g/mol. The molecular formula is C14H18N2O5. The van der Waals surface area contributed by atoms with Gasteiger partial charge in [-0.25, -0.2) is 4.79 Å². The minimum absolute atomic E-state index is 0.0661. The number of rotatable bonds is 4. The van der Waals surface area contributed by atoms with Gasteiger partial charge < -0.3 is 24.4 Å². The summed E-state index contributed by atoms with van der Waals surface area (Å²) in [6.45, 7) is 0.392. The van der Waals surface area contributed by atoms with Crippen LogP contribution in [0.3, 0.4) is 0 Å². The summed E-state index contributed by atoms with van der Waals surface area (Å²) in [7, 11) is 4.38. The van der Waals surface area contributed by atoms with E-state index in [2.05, 4.69) is 10.1 Å². The average Bonchev–Trinajstić information content (AvgIpc) is 2.86. The summed E-state index contributed by atoms with van der Waals surface area (Å²) in [5, 5.41) is 2.63. The number of hydrogen-bond donors (Lipinski definition) is 1. The van der Waals surface area contributed by atoms with Gasteiger partial charge in [-0.3, -0.25) is 4.79 Å². The first-order valence-electron chi connectivity index (χ1n) is 6.46. The van der Waals surface area contributed by atoms with Gasteiger partial charge in [-0.1, -0.05) is 0 Å². The van der Waals surface area contributed by atoms with E-state index in [9.17, 15) is 9.59 Å². The number of nitrogens with zero attached hydrogens (tertiary/aromatic N) is 1. The number of anilines is 1. The Bertz CT molecular complexity index is 546. The molecule has 0 radical (unpaired) electrons. The van der Waals surface area contributed by atoms with Crippen molar-refractivity contribution in [2.75, 3.05) is 32.8 Å². The number of benzene rings is 1. The Morgan fingerprint density at radius 1 is 1.24 bits per heavy atom. The van der Waals surface area contributed by atoms with Gasteiger partial charge in [0.15, 0.2) is 11.5 Å². The number of hydrogen-bond acceptors (Lipinski definition) is 5. The molecule has 1 atom stereocenters. The number of carbonyl (C=O) groups excluding carboxylic acids is 2. The zero-order valence-electron chi connectivity index (χ0n) is 12.2. The predicted octanol–water partition coefficient (Wildman–Crippen LogP) is 1.17. The minimum Gasteiger partial charge on any atom is -0.493 e. The van der Waals surface area contributed by atoms with Crippen LogP contribution in [0.15, 0.2) is 18.2 Å². The molecule has 1 heterocycles. The number of ether oxygens (including phenoxy) is 3. The van der Waals surface area contributed by atoms with Crippen molar-refractivity contribution in [2.24, 2.45) is 0 Å².